The number of amides is 2. The third-order valence-corrected chi connectivity index (χ3v) is 4.70. The summed E-state index contributed by atoms with van der Waals surface area (Å²) in [6.45, 7) is 7.80. The summed E-state index contributed by atoms with van der Waals surface area (Å²) in [4.78, 5) is 35.2. The quantitative estimate of drug-likeness (QED) is 0.689. The molecule has 2 heterocycles. The van der Waals surface area contributed by atoms with Gasteiger partial charge in [-0.15, -0.1) is 0 Å². The normalized spacial score (nSPS) is 21.2. The van der Waals surface area contributed by atoms with Gasteiger partial charge in [0.05, 0.1) is 0 Å². The Morgan fingerprint density at radius 3 is 1.69 bits per heavy atom. The van der Waals surface area contributed by atoms with Gasteiger partial charge in [-0.2, -0.15) is 0 Å². The number of rotatable bonds is 4. The van der Waals surface area contributed by atoms with Crippen LogP contribution < -0.4 is 10.9 Å². The predicted molar refractivity (Wildman–Crippen MR) is 94.1 cm³/mol. The van der Waals surface area contributed by atoms with Crippen molar-refractivity contribution in [1.82, 2.24) is 20.9 Å². The minimum absolute atomic E-state index is 0.00258. The first-order valence-corrected chi connectivity index (χ1v) is 9.17. The molecule has 2 aliphatic heterocycles. The summed E-state index contributed by atoms with van der Waals surface area (Å²) in [6.07, 6.45) is 1.23. The third kappa shape index (κ3) is 6.45. The Morgan fingerprint density at radius 2 is 1.31 bits per heavy atom. The van der Waals surface area contributed by atoms with E-state index in [1.807, 2.05) is 20.8 Å². The Morgan fingerprint density at radius 1 is 0.885 bits per heavy atom. The van der Waals surface area contributed by atoms with Crippen LogP contribution in [-0.4, -0.2) is 64.9 Å². The van der Waals surface area contributed by atoms with E-state index in [0.717, 1.165) is 0 Å². The molecule has 148 valence electrons. The fourth-order valence-electron chi connectivity index (χ4n) is 3.45. The molecular formula is C17H30N4O5. The molecule has 0 bridgehead atoms. The minimum Gasteiger partial charge on any atom is -0.464 e. The molecule has 0 unspecified atom stereocenters. The number of nitrogens with one attached hydrogen (secondary N) is 2. The van der Waals surface area contributed by atoms with Crippen LogP contribution in [0.3, 0.4) is 0 Å². The van der Waals surface area contributed by atoms with Crippen molar-refractivity contribution < 1.29 is 24.2 Å². The van der Waals surface area contributed by atoms with Crippen LogP contribution in [0.15, 0.2) is 0 Å². The van der Waals surface area contributed by atoms with Gasteiger partial charge in [0.1, 0.15) is 11.4 Å². The third-order valence-electron chi connectivity index (χ3n) is 4.70. The van der Waals surface area contributed by atoms with E-state index >= 15 is 0 Å². The number of Topliss-reactive ketones (excluding diaryl/α,β-unsaturated/α-hetero) is 1. The molecule has 9 heteroatoms. The standard InChI is InChI=1S/C17H30N4O5/c1-17(2,3)26-16(25)19-21-10-6-13(7-11-21)14(22)12-4-8-20(9-5-12)18-15(23)24/h12-13,18H,4-11H2,1-3H3,(H,19,25)(H,23,24). The fourth-order valence-corrected chi connectivity index (χ4v) is 3.45. The van der Waals surface area contributed by atoms with E-state index in [1.165, 1.54) is 0 Å². The lowest BCUT2D eigenvalue weighted by molar-refractivity contribution is -0.130. The molecule has 3 N–H and O–H groups in total. The maximum atomic E-state index is 12.7. The first-order chi connectivity index (χ1) is 12.1. The highest BCUT2D eigenvalue weighted by atomic mass is 16.6. The molecule has 2 rings (SSSR count). The van der Waals surface area contributed by atoms with Gasteiger partial charge in [0.15, 0.2) is 0 Å². The highest BCUT2D eigenvalue weighted by Crippen LogP contribution is 2.26. The van der Waals surface area contributed by atoms with Gasteiger partial charge in [0, 0.05) is 38.0 Å². The molecule has 2 fully saturated rings. The second-order valence-electron chi connectivity index (χ2n) is 7.96. The van der Waals surface area contributed by atoms with Crippen molar-refractivity contribution in [3.63, 3.8) is 0 Å². The lowest BCUT2D eigenvalue weighted by atomic mass is 9.82. The number of piperidine rings is 2. The molecule has 0 spiro atoms. The summed E-state index contributed by atoms with van der Waals surface area (Å²) >= 11 is 0. The van der Waals surface area contributed by atoms with Gasteiger partial charge in [-0.05, 0) is 46.5 Å². The highest BCUT2D eigenvalue weighted by Gasteiger charge is 2.33. The van der Waals surface area contributed by atoms with E-state index in [1.54, 1.807) is 10.0 Å². The number of nitrogens with zero attached hydrogens (tertiary/aromatic N) is 2. The first kappa shape index (κ1) is 20.4. The van der Waals surface area contributed by atoms with Gasteiger partial charge in [-0.3, -0.25) is 15.6 Å². The first-order valence-electron chi connectivity index (χ1n) is 9.17. The Labute approximate surface area is 154 Å². The Hall–Kier alpha value is -1.87. The number of carbonyl (C=O) groups excluding carboxylic acids is 2. The van der Waals surface area contributed by atoms with E-state index < -0.39 is 17.8 Å². The molecule has 2 saturated heterocycles. The Bertz CT molecular complexity index is 518. The van der Waals surface area contributed by atoms with Crippen LogP contribution in [0.2, 0.25) is 0 Å². The average Bonchev–Trinajstić information content (AvgIpc) is 2.53. The zero-order chi connectivity index (χ0) is 19.3. The molecule has 0 atom stereocenters. The van der Waals surface area contributed by atoms with Gasteiger partial charge in [0.2, 0.25) is 0 Å². The Balaban J connectivity index is 1.72. The maximum Gasteiger partial charge on any atom is 0.422 e. The smallest absolute Gasteiger partial charge is 0.422 e. The van der Waals surface area contributed by atoms with E-state index in [2.05, 4.69) is 10.9 Å². The number of hydrazine groups is 2. The summed E-state index contributed by atoms with van der Waals surface area (Å²) in [5.41, 5.74) is 4.53. The molecule has 26 heavy (non-hydrogen) atoms. The number of ketones is 1. The van der Waals surface area contributed by atoms with Gasteiger partial charge < -0.3 is 9.84 Å². The van der Waals surface area contributed by atoms with Crippen molar-refractivity contribution in [3.05, 3.63) is 0 Å². The van der Waals surface area contributed by atoms with Gasteiger partial charge in [0.25, 0.3) is 0 Å². The number of ether oxygens (including phenoxy) is 1. The van der Waals surface area contributed by atoms with Crippen LogP contribution in [0.5, 0.6) is 0 Å². The monoisotopic (exact) mass is 370 g/mol. The second kappa shape index (κ2) is 8.68. The van der Waals surface area contributed by atoms with Crippen molar-refractivity contribution >= 4 is 18.0 Å². The van der Waals surface area contributed by atoms with Crippen LogP contribution in [0.4, 0.5) is 9.59 Å². The summed E-state index contributed by atoms with van der Waals surface area (Å²) in [5.74, 6) is 0.282. The van der Waals surface area contributed by atoms with E-state index in [0.29, 0.717) is 51.9 Å². The van der Waals surface area contributed by atoms with Crippen molar-refractivity contribution in [3.8, 4) is 0 Å². The summed E-state index contributed by atoms with van der Waals surface area (Å²) < 4.78 is 5.24. The molecule has 0 saturated carbocycles. The predicted octanol–water partition coefficient (Wildman–Crippen LogP) is 1.60. The Kier molecular flexibility index (Phi) is 6.82. The summed E-state index contributed by atoms with van der Waals surface area (Å²) in [7, 11) is 0. The van der Waals surface area contributed by atoms with Crippen LogP contribution in [0.25, 0.3) is 0 Å². The van der Waals surface area contributed by atoms with E-state index in [4.69, 9.17) is 9.84 Å². The molecule has 0 aromatic heterocycles. The van der Waals surface area contributed by atoms with Gasteiger partial charge in [-0.25, -0.2) is 19.6 Å². The molecule has 0 aromatic carbocycles. The lowest BCUT2D eigenvalue weighted by Crippen LogP contribution is -2.50. The average molecular weight is 370 g/mol. The zero-order valence-corrected chi connectivity index (χ0v) is 15.8. The fraction of sp³-hybridized carbons (Fsp3) is 0.824. The molecule has 2 amide bonds. The van der Waals surface area contributed by atoms with Crippen LogP contribution in [-0.2, 0) is 9.53 Å². The second-order valence-corrected chi connectivity index (χ2v) is 7.96. The van der Waals surface area contributed by atoms with Crippen molar-refractivity contribution in [2.24, 2.45) is 11.8 Å². The number of carbonyl (C=O) groups is 3. The van der Waals surface area contributed by atoms with Gasteiger partial charge in [-0.1, -0.05) is 0 Å². The molecule has 2 aliphatic rings. The van der Waals surface area contributed by atoms with Crippen molar-refractivity contribution in [2.75, 3.05) is 26.2 Å². The van der Waals surface area contributed by atoms with Crippen LogP contribution in [0.1, 0.15) is 46.5 Å². The SMILES string of the molecule is CC(C)(C)OC(=O)NN1CCC(C(=O)C2CCN(NC(=O)O)CC2)CC1. The minimum atomic E-state index is -1.07. The molecular weight excluding hydrogens is 340 g/mol. The van der Waals surface area contributed by atoms with Gasteiger partial charge >= 0.3 is 12.2 Å². The van der Waals surface area contributed by atoms with E-state index in [-0.39, 0.29) is 17.6 Å². The maximum absolute atomic E-state index is 12.7. The highest BCUT2D eigenvalue weighted by molar-refractivity contribution is 5.83. The topological polar surface area (TPSA) is 111 Å². The zero-order valence-electron chi connectivity index (χ0n) is 15.8. The molecule has 9 nitrogen and oxygen atoms in total. The largest absolute Gasteiger partial charge is 0.464 e. The van der Waals surface area contributed by atoms with Crippen molar-refractivity contribution in [2.45, 2.75) is 52.1 Å². The van der Waals surface area contributed by atoms with Crippen LogP contribution in [0, 0.1) is 11.8 Å². The summed E-state index contributed by atoms with van der Waals surface area (Å²) in [6, 6.07) is 0. The van der Waals surface area contributed by atoms with E-state index in [9.17, 15) is 14.4 Å². The van der Waals surface area contributed by atoms with Crippen molar-refractivity contribution in [1.29, 1.82) is 0 Å². The number of hydrogen-bond donors (Lipinski definition) is 3. The van der Waals surface area contributed by atoms with Crippen LogP contribution >= 0.6 is 0 Å². The molecule has 0 radical (unpaired) electrons. The molecule has 0 aromatic rings. The lowest BCUT2D eigenvalue weighted by Gasteiger charge is -2.35. The molecule has 0 aliphatic carbocycles. The number of carboxylic acid groups (broad SMARTS) is 1. The number of hydrogen-bond acceptors (Lipinski definition) is 6. The summed E-state index contributed by atoms with van der Waals surface area (Å²) in [5, 5.41) is 12.2.